The van der Waals surface area contributed by atoms with Crippen molar-refractivity contribution in [2.24, 2.45) is 5.92 Å². The summed E-state index contributed by atoms with van der Waals surface area (Å²) in [6.45, 7) is 11.8. The van der Waals surface area contributed by atoms with Crippen molar-refractivity contribution in [3.05, 3.63) is 24.3 Å². The molecule has 6 nitrogen and oxygen atoms in total. The van der Waals surface area contributed by atoms with Gasteiger partial charge in [-0.3, -0.25) is 0 Å². The first kappa shape index (κ1) is 18.5. The Balaban J connectivity index is 1.65. The topological polar surface area (TPSA) is 56.8 Å². The fourth-order valence-electron chi connectivity index (χ4n) is 2.91. The van der Waals surface area contributed by atoms with Crippen LogP contribution in [0.15, 0.2) is 24.3 Å². The van der Waals surface area contributed by atoms with Crippen LogP contribution in [-0.2, 0) is 0 Å². The summed E-state index contributed by atoms with van der Waals surface area (Å²) in [5.41, 5.74) is 0.761. The van der Waals surface area contributed by atoms with E-state index in [-0.39, 0.29) is 6.03 Å². The predicted octanol–water partition coefficient (Wildman–Crippen LogP) is 2.09. The van der Waals surface area contributed by atoms with Gasteiger partial charge in [-0.15, -0.1) is 0 Å². The molecule has 0 spiro atoms. The number of anilines is 1. The van der Waals surface area contributed by atoms with Gasteiger partial charge in [0.1, 0.15) is 5.75 Å². The van der Waals surface area contributed by atoms with Gasteiger partial charge in [-0.05, 0) is 36.7 Å². The summed E-state index contributed by atoms with van der Waals surface area (Å²) < 4.78 is 5.10. The van der Waals surface area contributed by atoms with Gasteiger partial charge in [0, 0.05) is 45.0 Å². The molecule has 24 heavy (non-hydrogen) atoms. The monoisotopic (exact) mass is 334 g/mol. The van der Waals surface area contributed by atoms with Crippen LogP contribution in [0, 0.1) is 5.92 Å². The number of hydrogen-bond acceptors (Lipinski definition) is 4. The minimum Gasteiger partial charge on any atom is -0.497 e. The Morgan fingerprint density at radius 1 is 1.17 bits per heavy atom. The molecule has 2 amide bonds. The summed E-state index contributed by atoms with van der Waals surface area (Å²) in [6.07, 6.45) is 0. The fraction of sp³-hybridized carbons (Fsp3) is 0.611. The molecule has 0 aliphatic carbocycles. The number of nitrogens with one attached hydrogen (secondary N) is 2. The zero-order chi connectivity index (χ0) is 17.4. The maximum absolute atomic E-state index is 12.0. The molecule has 2 rings (SSSR count). The molecule has 1 unspecified atom stereocenters. The first-order valence-corrected chi connectivity index (χ1v) is 8.74. The first-order valence-electron chi connectivity index (χ1n) is 8.74. The number of ether oxygens (including phenoxy) is 1. The highest BCUT2D eigenvalue weighted by Gasteiger charge is 2.17. The molecule has 1 saturated heterocycles. The molecule has 6 heteroatoms. The van der Waals surface area contributed by atoms with Gasteiger partial charge in [0.2, 0.25) is 0 Å². The third-order valence-electron chi connectivity index (χ3n) is 4.44. The second-order valence-electron chi connectivity index (χ2n) is 6.40. The van der Waals surface area contributed by atoms with E-state index in [0.29, 0.717) is 12.5 Å². The summed E-state index contributed by atoms with van der Waals surface area (Å²) in [6, 6.07) is 7.15. The van der Waals surface area contributed by atoms with E-state index in [1.807, 2.05) is 24.3 Å². The van der Waals surface area contributed by atoms with Gasteiger partial charge in [-0.25, -0.2) is 4.79 Å². The number of amides is 2. The molecule has 0 bridgehead atoms. The van der Waals surface area contributed by atoms with Gasteiger partial charge in [0.05, 0.1) is 7.11 Å². The van der Waals surface area contributed by atoms with E-state index < -0.39 is 0 Å². The highest BCUT2D eigenvalue weighted by Crippen LogP contribution is 2.14. The Hall–Kier alpha value is -1.79. The number of likely N-dealkylation sites (N-methyl/N-ethyl adjacent to an activating group) is 1. The molecular formula is C18H30N4O2. The number of rotatable bonds is 7. The fourth-order valence-corrected chi connectivity index (χ4v) is 2.91. The molecule has 2 N–H and O–H groups in total. The quantitative estimate of drug-likeness (QED) is 0.802. The normalized spacial score (nSPS) is 17.3. The van der Waals surface area contributed by atoms with Crippen LogP contribution in [0.25, 0.3) is 0 Å². The molecule has 0 radical (unpaired) electrons. The Kier molecular flexibility index (Phi) is 7.34. The zero-order valence-electron chi connectivity index (χ0n) is 15.0. The van der Waals surface area contributed by atoms with Gasteiger partial charge in [0.25, 0.3) is 0 Å². The first-order chi connectivity index (χ1) is 11.6. The second kappa shape index (κ2) is 9.49. The van der Waals surface area contributed by atoms with Crippen LogP contribution in [0.5, 0.6) is 5.75 Å². The van der Waals surface area contributed by atoms with Crippen molar-refractivity contribution in [3.8, 4) is 5.75 Å². The number of urea groups is 1. The van der Waals surface area contributed by atoms with Gasteiger partial charge >= 0.3 is 6.03 Å². The van der Waals surface area contributed by atoms with E-state index in [4.69, 9.17) is 4.74 Å². The molecule has 0 saturated carbocycles. The average Bonchev–Trinajstić information content (AvgIpc) is 2.61. The molecule has 1 aromatic rings. The highest BCUT2D eigenvalue weighted by molar-refractivity contribution is 5.89. The van der Waals surface area contributed by atoms with Crippen LogP contribution in [0.4, 0.5) is 10.5 Å². The average molecular weight is 334 g/mol. The van der Waals surface area contributed by atoms with Crippen LogP contribution < -0.4 is 15.4 Å². The van der Waals surface area contributed by atoms with Crippen LogP contribution in [-0.4, -0.2) is 68.8 Å². The molecule has 1 aromatic carbocycles. The number of hydrogen-bond donors (Lipinski definition) is 2. The Labute approximate surface area is 145 Å². The van der Waals surface area contributed by atoms with E-state index >= 15 is 0 Å². The molecule has 1 atom stereocenters. The van der Waals surface area contributed by atoms with Gasteiger partial charge in [0.15, 0.2) is 0 Å². The largest absolute Gasteiger partial charge is 0.497 e. The second-order valence-corrected chi connectivity index (χ2v) is 6.40. The maximum Gasteiger partial charge on any atom is 0.319 e. The SMILES string of the molecule is CCN1CCN(CC(C)CNC(=O)Nc2ccc(OC)cc2)CC1. The minimum absolute atomic E-state index is 0.164. The van der Waals surface area contributed by atoms with Crippen molar-refractivity contribution < 1.29 is 9.53 Å². The van der Waals surface area contributed by atoms with E-state index in [9.17, 15) is 4.79 Å². The molecule has 134 valence electrons. The van der Waals surface area contributed by atoms with Crippen molar-refractivity contribution in [3.63, 3.8) is 0 Å². The number of methoxy groups -OCH3 is 1. The molecule has 0 aromatic heterocycles. The highest BCUT2D eigenvalue weighted by atomic mass is 16.5. The number of carbonyl (C=O) groups is 1. The number of nitrogens with zero attached hydrogens (tertiary/aromatic N) is 2. The summed E-state index contributed by atoms with van der Waals surface area (Å²) in [7, 11) is 1.62. The lowest BCUT2D eigenvalue weighted by atomic mass is 10.1. The van der Waals surface area contributed by atoms with Crippen molar-refractivity contribution in [2.45, 2.75) is 13.8 Å². The molecular weight excluding hydrogens is 304 g/mol. The van der Waals surface area contributed by atoms with Gasteiger partial charge in [-0.1, -0.05) is 13.8 Å². The lowest BCUT2D eigenvalue weighted by Gasteiger charge is -2.35. The van der Waals surface area contributed by atoms with E-state index in [0.717, 1.165) is 50.7 Å². The van der Waals surface area contributed by atoms with Crippen molar-refractivity contribution >= 4 is 11.7 Å². The number of benzene rings is 1. The third-order valence-corrected chi connectivity index (χ3v) is 4.44. The van der Waals surface area contributed by atoms with Crippen LogP contribution >= 0.6 is 0 Å². The Morgan fingerprint density at radius 2 is 1.79 bits per heavy atom. The third kappa shape index (κ3) is 6.02. The molecule has 1 fully saturated rings. The lowest BCUT2D eigenvalue weighted by Crippen LogP contribution is -2.48. The number of carbonyl (C=O) groups excluding carboxylic acids is 1. The van der Waals surface area contributed by atoms with Gasteiger partial charge < -0.3 is 25.2 Å². The summed E-state index contributed by atoms with van der Waals surface area (Å²) in [5.74, 6) is 1.21. The van der Waals surface area contributed by atoms with Crippen molar-refractivity contribution in [1.82, 2.24) is 15.1 Å². The smallest absolute Gasteiger partial charge is 0.319 e. The van der Waals surface area contributed by atoms with E-state index in [1.165, 1.54) is 0 Å². The molecule has 1 aliphatic rings. The Bertz CT molecular complexity index is 498. The zero-order valence-corrected chi connectivity index (χ0v) is 15.0. The van der Waals surface area contributed by atoms with Crippen LogP contribution in [0.2, 0.25) is 0 Å². The van der Waals surface area contributed by atoms with Crippen LogP contribution in [0.3, 0.4) is 0 Å². The predicted molar refractivity (Wildman–Crippen MR) is 97.7 cm³/mol. The number of piperazine rings is 1. The van der Waals surface area contributed by atoms with Crippen molar-refractivity contribution in [1.29, 1.82) is 0 Å². The van der Waals surface area contributed by atoms with Gasteiger partial charge in [-0.2, -0.15) is 0 Å². The van der Waals surface area contributed by atoms with Crippen LogP contribution in [0.1, 0.15) is 13.8 Å². The Morgan fingerprint density at radius 3 is 2.38 bits per heavy atom. The summed E-state index contributed by atoms with van der Waals surface area (Å²) in [5, 5.41) is 5.79. The van der Waals surface area contributed by atoms with E-state index in [2.05, 4.69) is 34.3 Å². The summed E-state index contributed by atoms with van der Waals surface area (Å²) >= 11 is 0. The van der Waals surface area contributed by atoms with Crippen molar-refractivity contribution in [2.75, 3.05) is 58.2 Å². The standard InChI is InChI=1S/C18H30N4O2/c1-4-21-9-11-22(12-10-21)14-15(2)13-19-18(23)20-16-5-7-17(24-3)8-6-16/h5-8,15H,4,9-14H2,1-3H3,(H2,19,20,23). The molecule has 1 heterocycles. The van der Waals surface area contributed by atoms with E-state index in [1.54, 1.807) is 7.11 Å². The lowest BCUT2D eigenvalue weighted by molar-refractivity contribution is 0.124. The summed E-state index contributed by atoms with van der Waals surface area (Å²) in [4.78, 5) is 16.9. The minimum atomic E-state index is -0.164. The maximum atomic E-state index is 12.0. The molecule has 1 aliphatic heterocycles.